The second kappa shape index (κ2) is 5.07. The first-order valence-electron chi connectivity index (χ1n) is 4.76. The molecular weight excluding hydrogens is 212 g/mol. The predicted octanol–water partition coefficient (Wildman–Crippen LogP) is 1.97. The lowest BCUT2D eigenvalue weighted by molar-refractivity contribution is -0.136. The number of carbonyl (C=O) groups is 1. The molecule has 1 rings (SSSR count). The minimum Gasteiger partial charge on any atom is -0.480 e. The maximum absolute atomic E-state index is 11.9. The summed E-state index contributed by atoms with van der Waals surface area (Å²) in [6.07, 6.45) is 0.371. The quantitative estimate of drug-likeness (QED) is 0.854. The van der Waals surface area contributed by atoms with Gasteiger partial charge in [0.05, 0.1) is 10.8 Å². The molecule has 0 aromatic heterocycles. The molecule has 0 saturated carbocycles. The topological polar surface area (TPSA) is 54.4 Å². The zero-order valence-electron chi connectivity index (χ0n) is 8.77. The minimum absolute atomic E-state index is 0.371. The second-order valence-corrected chi connectivity index (χ2v) is 4.98. The Morgan fingerprint density at radius 1 is 1.40 bits per heavy atom. The van der Waals surface area contributed by atoms with E-state index in [-0.39, 0.29) is 0 Å². The Morgan fingerprint density at radius 2 is 1.93 bits per heavy atom. The number of hydrogen-bond donors (Lipinski definition) is 1. The Kier molecular flexibility index (Phi) is 4.03. The first kappa shape index (κ1) is 11.9. The van der Waals surface area contributed by atoms with Crippen LogP contribution in [0.4, 0.5) is 0 Å². The number of aliphatic carboxylic acids is 1. The van der Waals surface area contributed by atoms with Crippen molar-refractivity contribution in [1.29, 1.82) is 0 Å². The van der Waals surface area contributed by atoms with E-state index in [9.17, 15) is 9.00 Å². The molecule has 0 fully saturated rings. The summed E-state index contributed by atoms with van der Waals surface area (Å²) >= 11 is 0. The lowest BCUT2D eigenvalue weighted by Crippen LogP contribution is -2.24. The van der Waals surface area contributed by atoms with Crippen LogP contribution in [0.2, 0.25) is 0 Å². The van der Waals surface area contributed by atoms with E-state index in [1.807, 2.05) is 19.1 Å². The fourth-order valence-electron chi connectivity index (χ4n) is 1.25. The van der Waals surface area contributed by atoms with Crippen molar-refractivity contribution in [2.45, 2.75) is 30.4 Å². The number of carboxylic acid groups (broad SMARTS) is 1. The summed E-state index contributed by atoms with van der Waals surface area (Å²) < 4.78 is 11.9. The van der Waals surface area contributed by atoms with Gasteiger partial charge in [-0.05, 0) is 25.5 Å². The largest absolute Gasteiger partial charge is 0.480 e. The Balaban J connectivity index is 2.93. The van der Waals surface area contributed by atoms with E-state index in [0.717, 1.165) is 5.56 Å². The smallest absolute Gasteiger partial charge is 0.319 e. The average molecular weight is 226 g/mol. The number of hydrogen-bond acceptors (Lipinski definition) is 2. The van der Waals surface area contributed by atoms with Crippen molar-refractivity contribution >= 4 is 16.8 Å². The van der Waals surface area contributed by atoms with Gasteiger partial charge in [-0.1, -0.05) is 24.6 Å². The Bertz CT molecular complexity index is 370. The van der Waals surface area contributed by atoms with Crippen molar-refractivity contribution in [1.82, 2.24) is 0 Å². The summed E-state index contributed by atoms with van der Waals surface area (Å²) in [7, 11) is -1.46. The number of aryl methyl sites for hydroxylation is 1. The van der Waals surface area contributed by atoms with Crippen molar-refractivity contribution in [3.63, 3.8) is 0 Å². The third kappa shape index (κ3) is 2.89. The van der Waals surface area contributed by atoms with E-state index in [2.05, 4.69) is 0 Å². The Hall–Kier alpha value is -1.16. The van der Waals surface area contributed by atoms with Crippen molar-refractivity contribution < 1.29 is 14.1 Å². The lowest BCUT2D eigenvalue weighted by Gasteiger charge is -2.09. The highest BCUT2D eigenvalue weighted by atomic mass is 32.2. The molecule has 0 bridgehead atoms. The Morgan fingerprint density at radius 3 is 2.33 bits per heavy atom. The monoisotopic (exact) mass is 226 g/mol. The maximum Gasteiger partial charge on any atom is 0.319 e. The van der Waals surface area contributed by atoms with Gasteiger partial charge in [-0.2, -0.15) is 0 Å². The first-order chi connectivity index (χ1) is 7.06. The fraction of sp³-hybridized carbons (Fsp3) is 0.364. The third-order valence-electron chi connectivity index (χ3n) is 2.16. The summed E-state index contributed by atoms with van der Waals surface area (Å²) in [6.45, 7) is 3.66. The first-order valence-corrected chi connectivity index (χ1v) is 5.97. The van der Waals surface area contributed by atoms with Crippen LogP contribution in [-0.4, -0.2) is 20.5 Å². The molecule has 3 nitrogen and oxygen atoms in total. The van der Waals surface area contributed by atoms with Gasteiger partial charge in [-0.25, -0.2) is 0 Å². The van der Waals surface area contributed by atoms with Crippen LogP contribution in [0.1, 0.15) is 18.9 Å². The van der Waals surface area contributed by atoms with Crippen molar-refractivity contribution in [3.05, 3.63) is 29.8 Å². The summed E-state index contributed by atoms with van der Waals surface area (Å²) in [5.74, 6) is -1.00. The molecule has 82 valence electrons. The molecule has 1 aromatic rings. The van der Waals surface area contributed by atoms with Gasteiger partial charge in [0.1, 0.15) is 5.25 Å². The molecule has 0 aliphatic heterocycles. The van der Waals surface area contributed by atoms with Crippen molar-refractivity contribution in [2.75, 3.05) is 0 Å². The molecule has 0 heterocycles. The van der Waals surface area contributed by atoms with Crippen LogP contribution in [0.15, 0.2) is 29.2 Å². The van der Waals surface area contributed by atoms with Crippen LogP contribution >= 0.6 is 0 Å². The molecule has 4 heteroatoms. The standard InChI is InChI=1S/C11H14O3S/c1-3-10(11(12)13)15(14)9-6-4-8(2)5-7-9/h4-7,10H,3H2,1-2H3,(H,12,13)/t10-,15+/m0/s1. The highest BCUT2D eigenvalue weighted by Crippen LogP contribution is 2.14. The fourth-order valence-corrected chi connectivity index (χ4v) is 2.47. The van der Waals surface area contributed by atoms with E-state index < -0.39 is 22.0 Å². The summed E-state index contributed by atoms with van der Waals surface area (Å²) in [6, 6.07) is 7.11. The zero-order chi connectivity index (χ0) is 11.4. The van der Waals surface area contributed by atoms with Gasteiger partial charge in [0, 0.05) is 4.90 Å². The maximum atomic E-state index is 11.9. The molecule has 0 saturated heterocycles. The molecule has 0 unspecified atom stereocenters. The molecule has 1 aromatic carbocycles. The van der Waals surface area contributed by atoms with Crippen LogP contribution in [0.25, 0.3) is 0 Å². The van der Waals surface area contributed by atoms with Gasteiger partial charge in [0.25, 0.3) is 0 Å². The molecule has 15 heavy (non-hydrogen) atoms. The van der Waals surface area contributed by atoms with Crippen LogP contribution in [0, 0.1) is 6.92 Å². The highest BCUT2D eigenvalue weighted by Gasteiger charge is 2.23. The predicted molar refractivity (Wildman–Crippen MR) is 59.3 cm³/mol. The third-order valence-corrected chi connectivity index (χ3v) is 3.95. The van der Waals surface area contributed by atoms with E-state index in [4.69, 9.17) is 5.11 Å². The van der Waals surface area contributed by atoms with Gasteiger partial charge in [-0.15, -0.1) is 0 Å². The Labute approximate surface area is 91.6 Å². The normalized spacial score (nSPS) is 14.5. The second-order valence-electron chi connectivity index (χ2n) is 3.35. The van der Waals surface area contributed by atoms with Gasteiger partial charge in [0.2, 0.25) is 0 Å². The summed E-state index contributed by atoms with van der Waals surface area (Å²) in [5.41, 5.74) is 1.07. The summed E-state index contributed by atoms with van der Waals surface area (Å²) in [4.78, 5) is 11.4. The van der Waals surface area contributed by atoms with Crippen LogP contribution in [0.3, 0.4) is 0 Å². The molecule has 0 aliphatic carbocycles. The van der Waals surface area contributed by atoms with Crippen molar-refractivity contribution in [3.8, 4) is 0 Å². The number of benzene rings is 1. The molecule has 0 radical (unpaired) electrons. The van der Waals surface area contributed by atoms with Gasteiger partial charge >= 0.3 is 5.97 Å². The van der Waals surface area contributed by atoms with Gasteiger partial charge in [-0.3, -0.25) is 9.00 Å². The van der Waals surface area contributed by atoms with Gasteiger partial charge < -0.3 is 5.11 Å². The van der Waals surface area contributed by atoms with E-state index in [1.165, 1.54) is 0 Å². The molecule has 0 aliphatic rings. The SMILES string of the molecule is CC[C@@H](C(=O)O)[S@](=O)c1ccc(C)cc1. The number of rotatable bonds is 4. The van der Waals surface area contributed by atoms with Crippen LogP contribution in [-0.2, 0) is 15.6 Å². The molecule has 1 N–H and O–H groups in total. The average Bonchev–Trinajstić information content (AvgIpc) is 2.19. The van der Waals surface area contributed by atoms with Crippen molar-refractivity contribution in [2.24, 2.45) is 0 Å². The molecule has 0 spiro atoms. The van der Waals surface area contributed by atoms with E-state index in [1.54, 1.807) is 19.1 Å². The van der Waals surface area contributed by atoms with Crippen LogP contribution in [0.5, 0.6) is 0 Å². The summed E-state index contributed by atoms with van der Waals surface area (Å²) in [5, 5.41) is 8.05. The zero-order valence-corrected chi connectivity index (χ0v) is 9.58. The molecule has 2 atom stereocenters. The van der Waals surface area contributed by atoms with E-state index in [0.29, 0.717) is 11.3 Å². The minimum atomic E-state index is -1.46. The number of carboxylic acids is 1. The van der Waals surface area contributed by atoms with Crippen LogP contribution < -0.4 is 0 Å². The molecule has 0 amide bonds. The molecular formula is C11H14O3S. The van der Waals surface area contributed by atoms with Gasteiger partial charge in [0.15, 0.2) is 0 Å². The van der Waals surface area contributed by atoms with E-state index >= 15 is 0 Å². The highest BCUT2D eigenvalue weighted by molar-refractivity contribution is 7.86. The lowest BCUT2D eigenvalue weighted by atomic mass is 10.2.